The van der Waals surface area contributed by atoms with Crippen LogP contribution in [0.4, 0.5) is 13.2 Å². The van der Waals surface area contributed by atoms with Gasteiger partial charge < -0.3 is 9.72 Å². The van der Waals surface area contributed by atoms with Gasteiger partial charge in [-0.1, -0.05) is 29.3 Å². The first-order chi connectivity index (χ1) is 10.3. The number of nitrogens with one attached hydrogen (secondary N) is 1. The van der Waals surface area contributed by atoms with Crippen molar-refractivity contribution in [3.63, 3.8) is 0 Å². The number of alkyl halides is 3. The molecule has 0 bridgehead atoms. The van der Waals surface area contributed by atoms with Crippen molar-refractivity contribution in [2.75, 3.05) is 6.61 Å². The lowest BCUT2D eigenvalue weighted by Crippen LogP contribution is -2.09. The molecule has 1 aromatic carbocycles. The molecule has 1 N–H and O–H groups in total. The topological polar surface area (TPSA) is 42.1 Å². The summed E-state index contributed by atoms with van der Waals surface area (Å²) in [5.74, 6) is -0.913. The Morgan fingerprint density at radius 3 is 2.32 bits per heavy atom. The van der Waals surface area contributed by atoms with Crippen molar-refractivity contribution in [1.82, 2.24) is 4.98 Å². The van der Waals surface area contributed by atoms with Crippen molar-refractivity contribution in [2.24, 2.45) is 0 Å². The second-order valence-corrected chi connectivity index (χ2v) is 5.08. The van der Waals surface area contributed by atoms with Gasteiger partial charge in [-0.05, 0) is 19.1 Å². The maximum Gasteiger partial charge on any atom is 0.418 e. The minimum atomic E-state index is -4.68. The molecule has 8 heteroatoms. The highest BCUT2D eigenvalue weighted by atomic mass is 35.5. The fourth-order valence-corrected chi connectivity index (χ4v) is 2.59. The average molecular weight is 352 g/mol. The smallest absolute Gasteiger partial charge is 0.418 e. The zero-order valence-corrected chi connectivity index (χ0v) is 12.7. The van der Waals surface area contributed by atoms with Crippen LogP contribution in [0, 0.1) is 0 Å². The summed E-state index contributed by atoms with van der Waals surface area (Å²) in [6.45, 7) is 1.57. The van der Waals surface area contributed by atoms with Crippen LogP contribution in [0.15, 0.2) is 24.4 Å². The Morgan fingerprint density at radius 1 is 1.23 bits per heavy atom. The predicted octanol–water partition coefficient (Wildman–Crippen LogP) is 5.18. The summed E-state index contributed by atoms with van der Waals surface area (Å²) in [4.78, 5) is 14.2. The number of carbonyl (C=O) groups excluding carboxylic acids is 1. The Balaban J connectivity index is 2.76. The SMILES string of the molecule is CCOC(=O)c1[nH]cc(C(F)(F)F)c1-c1c(Cl)cccc1Cl. The van der Waals surface area contributed by atoms with Crippen LogP contribution >= 0.6 is 23.2 Å². The molecule has 2 rings (SSSR count). The molecule has 2 aromatic rings. The van der Waals surface area contributed by atoms with E-state index in [-0.39, 0.29) is 27.9 Å². The van der Waals surface area contributed by atoms with E-state index in [1.807, 2.05) is 0 Å². The second-order valence-electron chi connectivity index (χ2n) is 4.27. The van der Waals surface area contributed by atoms with Gasteiger partial charge in [0.15, 0.2) is 0 Å². The van der Waals surface area contributed by atoms with Crippen molar-refractivity contribution >= 4 is 29.2 Å². The molecule has 0 aliphatic heterocycles. The van der Waals surface area contributed by atoms with Gasteiger partial charge in [-0.25, -0.2) is 4.79 Å². The van der Waals surface area contributed by atoms with Gasteiger partial charge in [0.25, 0.3) is 0 Å². The number of aromatic nitrogens is 1. The summed E-state index contributed by atoms with van der Waals surface area (Å²) in [6, 6.07) is 4.29. The summed E-state index contributed by atoms with van der Waals surface area (Å²) in [5, 5.41) is 0.00583. The number of carbonyl (C=O) groups is 1. The number of hydrogen-bond acceptors (Lipinski definition) is 2. The van der Waals surface area contributed by atoms with Crippen LogP contribution in [0.3, 0.4) is 0 Å². The third-order valence-corrected chi connectivity index (χ3v) is 3.51. The first-order valence-corrected chi connectivity index (χ1v) is 6.93. The number of ether oxygens (including phenoxy) is 1. The molecule has 118 valence electrons. The average Bonchev–Trinajstić information content (AvgIpc) is 2.83. The monoisotopic (exact) mass is 351 g/mol. The summed E-state index contributed by atoms with van der Waals surface area (Å²) in [6.07, 6.45) is -3.99. The molecule has 0 atom stereocenters. The third kappa shape index (κ3) is 3.08. The number of halogens is 5. The van der Waals surface area contributed by atoms with Gasteiger partial charge in [0.05, 0.1) is 12.2 Å². The van der Waals surface area contributed by atoms with E-state index in [0.29, 0.717) is 6.20 Å². The van der Waals surface area contributed by atoms with Crippen molar-refractivity contribution in [3.8, 4) is 11.1 Å². The zero-order chi connectivity index (χ0) is 16.5. The Kier molecular flexibility index (Phi) is 4.72. The standard InChI is InChI=1S/C14H10Cl2F3NO2/c1-2-22-13(21)12-10(7(6-20-12)14(17,18)19)11-8(15)4-3-5-9(11)16/h3-6,20H,2H2,1H3. The molecule has 0 aliphatic carbocycles. The molecule has 0 aliphatic rings. The van der Waals surface area contributed by atoms with Crippen molar-refractivity contribution in [3.05, 3.63) is 45.7 Å². The van der Waals surface area contributed by atoms with Crippen LogP contribution in [0.5, 0.6) is 0 Å². The molecule has 0 saturated heterocycles. The summed E-state index contributed by atoms with van der Waals surface area (Å²) in [5.41, 5.74) is -1.86. The van der Waals surface area contributed by atoms with Gasteiger partial charge >= 0.3 is 12.1 Å². The normalized spacial score (nSPS) is 11.5. The van der Waals surface area contributed by atoms with E-state index in [0.717, 1.165) is 0 Å². The quantitative estimate of drug-likeness (QED) is 0.773. The highest BCUT2D eigenvalue weighted by Gasteiger charge is 2.38. The minimum absolute atomic E-state index is 0.00292. The van der Waals surface area contributed by atoms with E-state index in [1.165, 1.54) is 18.2 Å². The van der Waals surface area contributed by atoms with Crippen LogP contribution in [0.2, 0.25) is 10.0 Å². The fraction of sp³-hybridized carbons (Fsp3) is 0.214. The highest BCUT2D eigenvalue weighted by Crippen LogP contribution is 2.44. The Bertz CT molecular complexity index is 690. The van der Waals surface area contributed by atoms with Crippen molar-refractivity contribution < 1.29 is 22.7 Å². The molecule has 0 unspecified atom stereocenters. The number of esters is 1. The molecular formula is C14H10Cl2F3NO2. The van der Waals surface area contributed by atoms with Gasteiger partial charge in [0.2, 0.25) is 0 Å². The van der Waals surface area contributed by atoms with Crippen LogP contribution in [0.1, 0.15) is 23.0 Å². The molecule has 0 saturated carbocycles. The summed E-state index contributed by atoms with van der Waals surface area (Å²) in [7, 11) is 0. The molecule has 0 amide bonds. The van der Waals surface area contributed by atoms with E-state index in [1.54, 1.807) is 6.92 Å². The number of benzene rings is 1. The lowest BCUT2D eigenvalue weighted by Gasteiger charge is -2.12. The van der Waals surface area contributed by atoms with Gasteiger partial charge in [-0.15, -0.1) is 0 Å². The highest BCUT2D eigenvalue weighted by molar-refractivity contribution is 6.39. The van der Waals surface area contributed by atoms with Crippen molar-refractivity contribution in [1.29, 1.82) is 0 Å². The Morgan fingerprint density at radius 2 is 1.82 bits per heavy atom. The molecule has 1 aromatic heterocycles. The van der Waals surface area contributed by atoms with Crippen LogP contribution in [0.25, 0.3) is 11.1 Å². The van der Waals surface area contributed by atoms with Gasteiger partial charge in [0.1, 0.15) is 5.69 Å². The number of rotatable bonds is 3. The molecule has 0 fully saturated rings. The molecule has 0 radical (unpaired) electrons. The lowest BCUT2D eigenvalue weighted by molar-refractivity contribution is -0.137. The minimum Gasteiger partial charge on any atom is -0.461 e. The second kappa shape index (κ2) is 6.22. The van der Waals surface area contributed by atoms with Gasteiger partial charge in [-0.2, -0.15) is 13.2 Å². The van der Waals surface area contributed by atoms with E-state index >= 15 is 0 Å². The predicted molar refractivity (Wildman–Crippen MR) is 77.2 cm³/mol. The maximum absolute atomic E-state index is 13.2. The molecule has 1 heterocycles. The van der Waals surface area contributed by atoms with Crippen LogP contribution in [-0.4, -0.2) is 17.6 Å². The Labute approximate surface area is 134 Å². The molecular weight excluding hydrogens is 342 g/mol. The van der Waals surface area contributed by atoms with Gasteiger partial charge in [0, 0.05) is 27.4 Å². The lowest BCUT2D eigenvalue weighted by atomic mass is 10.0. The Hall–Kier alpha value is -1.66. The third-order valence-electron chi connectivity index (χ3n) is 2.88. The fourth-order valence-electron chi connectivity index (χ4n) is 2.01. The van der Waals surface area contributed by atoms with Crippen LogP contribution < -0.4 is 0 Å². The van der Waals surface area contributed by atoms with E-state index in [9.17, 15) is 18.0 Å². The zero-order valence-electron chi connectivity index (χ0n) is 11.2. The summed E-state index contributed by atoms with van der Waals surface area (Å²) >= 11 is 12.0. The molecule has 22 heavy (non-hydrogen) atoms. The summed E-state index contributed by atoms with van der Waals surface area (Å²) < 4.78 is 44.4. The van der Waals surface area contributed by atoms with Gasteiger partial charge in [-0.3, -0.25) is 0 Å². The van der Waals surface area contributed by atoms with E-state index in [2.05, 4.69) is 4.98 Å². The van der Waals surface area contributed by atoms with E-state index in [4.69, 9.17) is 27.9 Å². The molecule has 3 nitrogen and oxygen atoms in total. The van der Waals surface area contributed by atoms with E-state index < -0.39 is 23.3 Å². The number of aromatic amines is 1. The number of hydrogen-bond donors (Lipinski definition) is 1. The first kappa shape index (κ1) is 16.7. The van der Waals surface area contributed by atoms with Crippen LogP contribution in [-0.2, 0) is 10.9 Å². The first-order valence-electron chi connectivity index (χ1n) is 6.17. The largest absolute Gasteiger partial charge is 0.461 e. The molecule has 0 spiro atoms. The number of H-pyrrole nitrogens is 1. The maximum atomic E-state index is 13.2. The van der Waals surface area contributed by atoms with Crippen molar-refractivity contribution in [2.45, 2.75) is 13.1 Å².